The van der Waals surface area contributed by atoms with Crippen LogP contribution >= 0.6 is 11.6 Å². The number of fused-ring (bicyclic) bond motifs is 1. The van der Waals surface area contributed by atoms with Gasteiger partial charge in [0.15, 0.2) is 0 Å². The second kappa shape index (κ2) is 8.72. The van der Waals surface area contributed by atoms with E-state index in [0.717, 1.165) is 22.3 Å². The van der Waals surface area contributed by atoms with E-state index in [-0.39, 0.29) is 24.3 Å². The number of carbonyl (C=O) groups is 2. The lowest BCUT2D eigenvalue weighted by Crippen LogP contribution is -2.34. The molecule has 2 amide bonds. The number of benzene rings is 3. The Labute approximate surface area is 181 Å². The average Bonchev–Trinajstić information content (AvgIpc) is 3.09. The number of nitrogens with zero attached hydrogens (tertiary/aromatic N) is 1. The summed E-state index contributed by atoms with van der Waals surface area (Å²) in [6.45, 7) is 2.88. The fourth-order valence-electron chi connectivity index (χ4n) is 3.81. The molecule has 1 aliphatic rings. The number of aryl methyl sites for hydroxylation is 1. The summed E-state index contributed by atoms with van der Waals surface area (Å²) >= 11 is 6.19. The molecule has 4 rings (SSSR count). The van der Waals surface area contributed by atoms with Crippen molar-refractivity contribution in [2.75, 3.05) is 0 Å². The summed E-state index contributed by atoms with van der Waals surface area (Å²) in [6.07, 6.45) is 0.188. The molecule has 0 radical (unpaired) electrons. The van der Waals surface area contributed by atoms with Gasteiger partial charge in [0.2, 0.25) is 5.91 Å². The van der Waals surface area contributed by atoms with Crippen LogP contribution in [0.15, 0.2) is 72.8 Å². The van der Waals surface area contributed by atoms with Crippen molar-refractivity contribution < 1.29 is 9.59 Å². The highest BCUT2D eigenvalue weighted by atomic mass is 35.5. The predicted octanol–water partition coefficient (Wildman–Crippen LogP) is 5.05. The normalized spacial score (nSPS) is 13.8. The Morgan fingerprint density at radius 3 is 2.47 bits per heavy atom. The molecule has 152 valence electrons. The van der Waals surface area contributed by atoms with Crippen LogP contribution in [0.4, 0.5) is 0 Å². The van der Waals surface area contributed by atoms with Gasteiger partial charge in [0.25, 0.3) is 5.91 Å². The first-order chi connectivity index (χ1) is 14.5. The quantitative estimate of drug-likeness (QED) is 0.608. The van der Waals surface area contributed by atoms with Crippen molar-refractivity contribution in [2.24, 2.45) is 0 Å². The highest BCUT2D eigenvalue weighted by Gasteiger charge is 2.34. The molecule has 3 aromatic carbocycles. The highest BCUT2D eigenvalue weighted by Crippen LogP contribution is 2.33. The molecule has 30 heavy (non-hydrogen) atoms. The third kappa shape index (κ3) is 4.24. The van der Waals surface area contributed by atoms with Gasteiger partial charge in [-0.25, -0.2) is 0 Å². The third-order valence-electron chi connectivity index (χ3n) is 5.50. The average molecular weight is 419 g/mol. The summed E-state index contributed by atoms with van der Waals surface area (Å²) in [7, 11) is 0. The lowest BCUT2D eigenvalue weighted by molar-refractivity contribution is -0.122. The standard InChI is InChI=1S/C25H23ClN2O2/c1-17-10-12-18(13-11-17)23(28-16-20-7-2-4-8-21(20)25(28)30)14-24(29)27-15-19-6-3-5-9-22(19)26/h2-13,23H,14-16H2,1H3,(H,27,29)/t23-/m1/s1. The van der Waals surface area contributed by atoms with E-state index in [2.05, 4.69) is 5.32 Å². The summed E-state index contributed by atoms with van der Waals surface area (Å²) in [5, 5.41) is 3.57. The zero-order valence-electron chi connectivity index (χ0n) is 16.8. The van der Waals surface area contributed by atoms with Gasteiger partial charge in [-0.1, -0.05) is 77.8 Å². The number of rotatable bonds is 6. The Kier molecular flexibility index (Phi) is 5.86. The van der Waals surface area contributed by atoms with Gasteiger partial charge >= 0.3 is 0 Å². The summed E-state index contributed by atoms with van der Waals surface area (Å²) in [4.78, 5) is 27.7. The number of amides is 2. The fraction of sp³-hybridized carbons (Fsp3) is 0.200. The molecule has 0 fully saturated rings. The molecule has 4 nitrogen and oxygen atoms in total. The smallest absolute Gasteiger partial charge is 0.255 e. The lowest BCUT2D eigenvalue weighted by atomic mass is 10.00. The molecule has 0 saturated heterocycles. The van der Waals surface area contributed by atoms with Crippen molar-refractivity contribution in [1.82, 2.24) is 10.2 Å². The van der Waals surface area contributed by atoms with Gasteiger partial charge in [0, 0.05) is 23.7 Å². The van der Waals surface area contributed by atoms with Gasteiger partial charge in [0.1, 0.15) is 0 Å². The number of carbonyl (C=O) groups excluding carboxylic acids is 2. The summed E-state index contributed by atoms with van der Waals surface area (Å²) in [5.41, 5.74) is 4.66. The minimum absolute atomic E-state index is 0.0323. The maximum absolute atomic E-state index is 13.1. The van der Waals surface area contributed by atoms with Gasteiger partial charge in [-0.2, -0.15) is 0 Å². The summed E-state index contributed by atoms with van der Waals surface area (Å²) < 4.78 is 0. The largest absolute Gasteiger partial charge is 0.352 e. The number of halogens is 1. The molecule has 3 aromatic rings. The van der Waals surface area contributed by atoms with Crippen LogP contribution in [0.2, 0.25) is 5.02 Å². The van der Waals surface area contributed by atoms with Crippen molar-refractivity contribution in [3.8, 4) is 0 Å². The number of nitrogens with one attached hydrogen (secondary N) is 1. The predicted molar refractivity (Wildman–Crippen MR) is 118 cm³/mol. The van der Waals surface area contributed by atoms with E-state index < -0.39 is 0 Å². The minimum Gasteiger partial charge on any atom is -0.352 e. The Morgan fingerprint density at radius 1 is 1.03 bits per heavy atom. The molecule has 1 atom stereocenters. The molecule has 0 saturated carbocycles. The maximum atomic E-state index is 13.1. The first-order valence-corrected chi connectivity index (χ1v) is 10.4. The van der Waals surface area contributed by atoms with E-state index in [1.165, 1.54) is 0 Å². The van der Waals surface area contributed by atoms with E-state index >= 15 is 0 Å². The number of hydrogen-bond donors (Lipinski definition) is 1. The first-order valence-electron chi connectivity index (χ1n) is 9.98. The van der Waals surface area contributed by atoms with Gasteiger partial charge in [0.05, 0.1) is 12.5 Å². The molecule has 5 heteroatoms. The van der Waals surface area contributed by atoms with Gasteiger partial charge in [-0.3, -0.25) is 9.59 Å². The molecular formula is C25H23ClN2O2. The van der Waals surface area contributed by atoms with E-state index in [1.807, 2.05) is 73.7 Å². The highest BCUT2D eigenvalue weighted by molar-refractivity contribution is 6.31. The maximum Gasteiger partial charge on any atom is 0.255 e. The van der Waals surface area contributed by atoms with Crippen LogP contribution in [-0.2, 0) is 17.9 Å². The topological polar surface area (TPSA) is 49.4 Å². The molecule has 0 bridgehead atoms. The van der Waals surface area contributed by atoms with Crippen molar-refractivity contribution >= 4 is 23.4 Å². The van der Waals surface area contributed by atoms with Gasteiger partial charge in [-0.15, -0.1) is 0 Å². The third-order valence-corrected chi connectivity index (χ3v) is 5.87. The molecule has 1 heterocycles. The molecule has 1 N–H and O–H groups in total. The summed E-state index contributed by atoms with van der Waals surface area (Å²) in [5.74, 6) is -0.153. The minimum atomic E-state index is -0.336. The van der Waals surface area contributed by atoms with E-state index in [1.54, 1.807) is 11.0 Å². The van der Waals surface area contributed by atoms with Gasteiger partial charge < -0.3 is 10.2 Å². The van der Waals surface area contributed by atoms with E-state index in [0.29, 0.717) is 23.7 Å². The van der Waals surface area contributed by atoms with Crippen molar-refractivity contribution in [3.63, 3.8) is 0 Å². The zero-order valence-corrected chi connectivity index (χ0v) is 17.5. The van der Waals surface area contributed by atoms with Crippen LogP contribution in [0.25, 0.3) is 0 Å². The van der Waals surface area contributed by atoms with Crippen molar-refractivity contribution in [1.29, 1.82) is 0 Å². The number of hydrogen-bond acceptors (Lipinski definition) is 2. The van der Waals surface area contributed by atoms with Crippen LogP contribution in [-0.4, -0.2) is 16.7 Å². The second-order valence-electron chi connectivity index (χ2n) is 7.59. The van der Waals surface area contributed by atoms with Crippen LogP contribution in [0.3, 0.4) is 0 Å². The second-order valence-corrected chi connectivity index (χ2v) is 8.00. The van der Waals surface area contributed by atoms with Crippen LogP contribution in [0.5, 0.6) is 0 Å². The molecule has 0 aliphatic carbocycles. The molecule has 0 unspecified atom stereocenters. The monoisotopic (exact) mass is 418 g/mol. The van der Waals surface area contributed by atoms with E-state index in [9.17, 15) is 9.59 Å². The van der Waals surface area contributed by atoms with Gasteiger partial charge in [-0.05, 0) is 35.7 Å². The molecule has 1 aliphatic heterocycles. The Balaban J connectivity index is 1.54. The summed E-state index contributed by atoms with van der Waals surface area (Å²) in [6, 6.07) is 22.8. The molecular weight excluding hydrogens is 396 g/mol. The van der Waals surface area contributed by atoms with E-state index in [4.69, 9.17) is 11.6 Å². The Morgan fingerprint density at radius 2 is 1.73 bits per heavy atom. The molecule has 0 spiro atoms. The molecule has 0 aromatic heterocycles. The van der Waals surface area contributed by atoms with Crippen molar-refractivity contribution in [3.05, 3.63) is 106 Å². The Hall–Kier alpha value is -3.11. The lowest BCUT2D eigenvalue weighted by Gasteiger charge is -2.28. The SMILES string of the molecule is Cc1ccc([C@@H](CC(=O)NCc2ccccc2Cl)N2Cc3ccccc3C2=O)cc1. The van der Waals surface area contributed by atoms with Crippen LogP contribution in [0, 0.1) is 6.92 Å². The zero-order chi connectivity index (χ0) is 21.1. The first kappa shape index (κ1) is 20.2. The Bertz CT molecular complexity index is 1080. The fourth-order valence-corrected chi connectivity index (χ4v) is 4.01. The van der Waals surface area contributed by atoms with Crippen LogP contribution in [0.1, 0.15) is 45.1 Å². The van der Waals surface area contributed by atoms with Crippen molar-refractivity contribution in [2.45, 2.75) is 32.5 Å². The van der Waals surface area contributed by atoms with Crippen LogP contribution < -0.4 is 5.32 Å².